The third-order valence-electron chi connectivity index (χ3n) is 3.89. The van der Waals surface area contributed by atoms with Crippen LogP contribution in [0.25, 0.3) is 0 Å². The van der Waals surface area contributed by atoms with Gasteiger partial charge >= 0.3 is 6.18 Å². The number of carbonyl (C=O) groups excluding carboxylic acids is 1. The molecule has 0 saturated heterocycles. The van der Waals surface area contributed by atoms with E-state index in [0.717, 1.165) is 0 Å². The molecule has 0 atom stereocenters. The Bertz CT molecular complexity index is 799. The Morgan fingerprint density at radius 1 is 1.26 bits per heavy atom. The zero-order chi connectivity index (χ0) is 20.2. The number of nitrogens with zero attached hydrogens (tertiary/aromatic N) is 2. The molecule has 0 bridgehead atoms. The highest BCUT2D eigenvalue weighted by Crippen LogP contribution is 2.35. The number of methoxy groups -OCH3 is 2. The molecule has 0 aliphatic carbocycles. The molecule has 0 saturated carbocycles. The van der Waals surface area contributed by atoms with Gasteiger partial charge in [-0.1, -0.05) is 17.7 Å². The Labute approximate surface area is 159 Å². The normalized spacial score (nSPS) is 11.4. The summed E-state index contributed by atoms with van der Waals surface area (Å²) in [6.45, 7) is 1.85. The maximum Gasteiger partial charge on any atom is 0.436 e. The Balaban J connectivity index is 2.00. The van der Waals surface area contributed by atoms with Crippen molar-refractivity contribution in [1.82, 2.24) is 15.1 Å². The minimum absolute atomic E-state index is 0.172. The first kappa shape index (κ1) is 20.9. The summed E-state index contributed by atoms with van der Waals surface area (Å²) in [5.74, 6) is 0.309. The zero-order valence-corrected chi connectivity index (χ0v) is 15.7. The monoisotopic (exact) mass is 405 g/mol. The van der Waals surface area contributed by atoms with Crippen LogP contribution in [0.3, 0.4) is 0 Å². The lowest BCUT2D eigenvalue weighted by Gasteiger charge is -2.13. The van der Waals surface area contributed by atoms with Gasteiger partial charge in [0.2, 0.25) is 0 Å². The number of carbonyl (C=O) groups is 1. The van der Waals surface area contributed by atoms with E-state index in [9.17, 15) is 18.0 Å². The molecule has 1 aromatic heterocycles. The molecule has 0 unspecified atom stereocenters. The van der Waals surface area contributed by atoms with Crippen molar-refractivity contribution in [2.45, 2.75) is 26.1 Å². The topological polar surface area (TPSA) is 65.4 Å². The molecular weight excluding hydrogens is 387 g/mol. The number of hydrogen-bond donors (Lipinski definition) is 1. The van der Waals surface area contributed by atoms with Crippen LogP contribution < -0.4 is 14.8 Å². The number of rotatable bonds is 7. The predicted octanol–water partition coefficient (Wildman–Crippen LogP) is 3.70. The minimum Gasteiger partial charge on any atom is -0.496 e. The number of alkyl halides is 3. The molecule has 6 nitrogen and oxygen atoms in total. The Kier molecular flexibility index (Phi) is 6.59. The van der Waals surface area contributed by atoms with Crippen LogP contribution in [0.1, 0.15) is 28.2 Å². The standard InChI is InChI=1S/C17H19ClF3N3O3/c1-10-14(18)15(17(19,20)21)23-24(10)9-5-8-22-16(25)13-11(26-2)6-4-7-12(13)27-3/h4,6-7H,5,8-9H2,1-3H3,(H,22,25). The van der Waals surface area contributed by atoms with Gasteiger partial charge < -0.3 is 14.8 Å². The molecule has 27 heavy (non-hydrogen) atoms. The first-order valence-corrected chi connectivity index (χ1v) is 8.37. The van der Waals surface area contributed by atoms with Crippen molar-refractivity contribution in [2.24, 2.45) is 0 Å². The molecule has 10 heteroatoms. The largest absolute Gasteiger partial charge is 0.496 e. The lowest BCUT2D eigenvalue weighted by molar-refractivity contribution is -0.141. The summed E-state index contributed by atoms with van der Waals surface area (Å²) in [6, 6.07) is 4.95. The number of halogens is 4. The third kappa shape index (κ3) is 4.65. The van der Waals surface area contributed by atoms with Gasteiger partial charge in [-0.05, 0) is 25.5 Å². The van der Waals surface area contributed by atoms with Gasteiger partial charge in [0, 0.05) is 13.1 Å². The molecule has 1 aromatic carbocycles. The summed E-state index contributed by atoms with van der Waals surface area (Å²) in [4.78, 5) is 12.4. The summed E-state index contributed by atoms with van der Waals surface area (Å²) in [5, 5.41) is 5.80. The molecule has 0 fully saturated rings. The van der Waals surface area contributed by atoms with Crippen LogP contribution in [0.4, 0.5) is 13.2 Å². The van der Waals surface area contributed by atoms with E-state index in [4.69, 9.17) is 21.1 Å². The van der Waals surface area contributed by atoms with Crippen molar-refractivity contribution in [3.05, 3.63) is 40.2 Å². The SMILES string of the molecule is COc1cccc(OC)c1C(=O)NCCCn1nc(C(F)(F)F)c(Cl)c1C. The molecule has 148 valence electrons. The van der Waals surface area contributed by atoms with Crippen molar-refractivity contribution < 1.29 is 27.4 Å². The fourth-order valence-electron chi connectivity index (χ4n) is 2.52. The van der Waals surface area contributed by atoms with Crippen LogP contribution in [-0.2, 0) is 12.7 Å². The van der Waals surface area contributed by atoms with E-state index in [1.165, 1.54) is 25.8 Å². The van der Waals surface area contributed by atoms with Crippen LogP contribution in [0.15, 0.2) is 18.2 Å². The quantitative estimate of drug-likeness (QED) is 0.713. The van der Waals surface area contributed by atoms with Crippen molar-refractivity contribution in [1.29, 1.82) is 0 Å². The fraction of sp³-hybridized carbons (Fsp3) is 0.412. The van der Waals surface area contributed by atoms with E-state index in [-0.39, 0.29) is 24.3 Å². The van der Waals surface area contributed by atoms with Crippen LogP contribution in [0.2, 0.25) is 5.02 Å². The average molecular weight is 406 g/mol. The van der Waals surface area contributed by atoms with Gasteiger partial charge in [0.25, 0.3) is 5.91 Å². The van der Waals surface area contributed by atoms with Crippen LogP contribution in [0.5, 0.6) is 11.5 Å². The van der Waals surface area contributed by atoms with Crippen LogP contribution in [-0.4, -0.2) is 36.5 Å². The first-order valence-electron chi connectivity index (χ1n) is 8.00. The number of ether oxygens (including phenoxy) is 2. The van der Waals surface area contributed by atoms with Crippen molar-refractivity contribution in [3.8, 4) is 11.5 Å². The molecule has 1 heterocycles. The lowest BCUT2D eigenvalue weighted by Crippen LogP contribution is -2.26. The number of aromatic nitrogens is 2. The van der Waals surface area contributed by atoms with Gasteiger partial charge in [-0.25, -0.2) is 0 Å². The molecular formula is C17H19ClF3N3O3. The van der Waals surface area contributed by atoms with Gasteiger partial charge in [-0.2, -0.15) is 18.3 Å². The fourth-order valence-corrected chi connectivity index (χ4v) is 2.76. The molecule has 0 spiro atoms. The van der Waals surface area contributed by atoms with Gasteiger partial charge in [0.15, 0.2) is 5.69 Å². The van der Waals surface area contributed by atoms with E-state index in [1.807, 2.05) is 0 Å². The molecule has 0 aliphatic heterocycles. The summed E-state index contributed by atoms with van der Waals surface area (Å²) in [5.41, 5.74) is -0.633. The van der Waals surface area contributed by atoms with Crippen molar-refractivity contribution in [3.63, 3.8) is 0 Å². The Morgan fingerprint density at radius 3 is 2.33 bits per heavy atom. The maximum absolute atomic E-state index is 12.8. The highest BCUT2D eigenvalue weighted by atomic mass is 35.5. The molecule has 1 N–H and O–H groups in total. The van der Waals surface area contributed by atoms with Gasteiger partial charge in [0.1, 0.15) is 17.1 Å². The average Bonchev–Trinajstić information content (AvgIpc) is 2.92. The van der Waals surface area contributed by atoms with Gasteiger partial charge in [-0.15, -0.1) is 0 Å². The minimum atomic E-state index is -4.61. The molecule has 2 aromatic rings. The highest BCUT2D eigenvalue weighted by Gasteiger charge is 2.38. The predicted molar refractivity (Wildman–Crippen MR) is 93.5 cm³/mol. The first-order chi connectivity index (χ1) is 12.7. The highest BCUT2D eigenvalue weighted by molar-refractivity contribution is 6.31. The lowest BCUT2D eigenvalue weighted by atomic mass is 10.1. The summed E-state index contributed by atoms with van der Waals surface area (Å²) >= 11 is 5.71. The summed E-state index contributed by atoms with van der Waals surface area (Å²) < 4.78 is 50.0. The van der Waals surface area contributed by atoms with E-state index in [1.54, 1.807) is 18.2 Å². The van der Waals surface area contributed by atoms with Crippen molar-refractivity contribution >= 4 is 17.5 Å². The van der Waals surface area contributed by atoms with Crippen molar-refractivity contribution in [2.75, 3.05) is 20.8 Å². The van der Waals surface area contributed by atoms with Crippen LogP contribution in [0, 0.1) is 6.92 Å². The third-order valence-corrected chi connectivity index (χ3v) is 4.34. The molecule has 0 aliphatic rings. The second-order valence-electron chi connectivity index (χ2n) is 5.62. The van der Waals surface area contributed by atoms with E-state index in [2.05, 4.69) is 10.4 Å². The molecule has 2 rings (SSSR count). The van der Waals surface area contributed by atoms with Crippen LogP contribution >= 0.6 is 11.6 Å². The second kappa shape index (κ2) is 8.51. The summed E-state index contributed by atoms with van der Waals surface area (Å²) in [7, 11) is 2.88. The number of nitrogens with one attached hydrogen (secondary N) is 1. The molecule has 0 radical (unpaired) electrons. The van der Waals surface area contributed by atoms with E-state index < -0.39 is 22.8 Å². The Hall–Kier alpha value is -2.42. The number of benzene rings is 1. The maximum atomic E-state index is 12.8. The van der Waals surface area contributed by atoms with E-state index >= 15 is 0 Å². The van der Waals surface area contributed by atoms with Gasteiger partial charge in [-0.3, -0.25) is 9.48 Å². The number of aryl methyl sites for hydroxylation is 1. The van der Waals surface area contributed by atoms with Gasteiger partial charge in [0.05, 0.1) is 24.9 Å². The summed E-state index contributed by atoms with van der Waals surface area (Å²) in [6.07, 6.45) is -4.25. The Morgan fingerprint density at radius 2 is 1.85 bits per heavy atom. The zero-order valence-electron chi connectivity index (χ0n) is 15.0. The van der Waals surface area contributed by atoms with E-state index in [0.29, 0.717) is 17.9 Å². The number of amides is 1. The smallest absolute Gasteiger partial charge is 0.436 e. The number of hydrogen-bond acceptors (Lipinski definition) is 4. The second-order valence-corrected chi connectivity index (χ2v) is 5.99. The molecule has 1 amide bonds.